The molecule has 1 heterocycles. The van der Waals surface area contributed by atoms with Crippen LogP contribution in [-0.4, -0.2) is 48.4 Å². The second-order valence-corrected chi connectivity index (χ2v) is 7.42. The molecule has 0 N–H and O–H groups in total. The molecule has 1 amide bonds. The van der Waals surface area contributed by atoms with Gasteiger partial charge in [0.15, 0.2) is 0 Å². The lowest BCUT2D eigenvalue weighted by Crippen LogP contribution is -2.48. The predicted molar refractivity (Wildman–Crippen MR) is 104 cm³/mol. The highest BCUT2D eigenvalue weighted by atomic mass is 16.2. The van der Waals surface area contributed by atoms with E-state index in [1.54, 1.807) is 0 Å². The van der Waals surface area contributed by atoms with Crippen molar-refractivity contribution in [3.63, 3.8) is 0 Å². The van der Waals surface area contributed by atoms with Crippen molar-refractivity contribution in [1.82, 2.24) is 9.80 Å². The molecule has 0 radical (unpaired) electrons. The fraction of sp³-hybridized carbons (Fsp3) is 0.905. The van der Waals surface area contributed by atoms with Gasteiger partial charge in [-0.1, -0.05) is 71.1 Å². The monoisotopic (exact) mass is 349 g/mol. The first-order valence-corrected chi connectivity index (χ1v) is 10.6. The summed E-state index contributed by atoms with van der Waals surface area (Å²) in [6.07, 6.45) is 15.9. The van der Waals surface area contributed by atoms with Gasteiger partial charge in [-0.2, -0.15) is 5.26 Å². The Balaban J connectivity index is 1.90. The van der Waals surface area contributed by atoms with E-state index in [1.807, 2.05) is 4.90 Å². The van der Waals surface area contributed by atoms with Crippen molar-refractivity contribution in [3.8, 4) is 6.07 Å². The topological polar surface area (TPSA) is 47.3 Å². The summed E-state index contributed by atoms with van der Waals surface area (Å²) >= 11 is 0. The summed E-state index contributed by atoms with van der Waals surface area (Å²) in [5, 5.41) is 8.63. The standard InChI is InChI=1S/C21H39N3O/c1-2-3-4-5-6-7-8-9-10-11-12-14-21(25)24-19-17-23(18-20-24)16-13-15-22/h2-14,16-20H2,1H3. The molecule has 4 nitrogen and oxygen atoms in total. The summed E-state index contributed by atoms with van der Waals surface area (Å²) in [5.74, 6) is 0.329. The van der Waals surface area contributed by atoms with Crippen LogP contribution in [0.2, 0.25) is 0 Å². The lowest BCUT2D eigenvalue weighted by Gasteiger charge is -2.34. The van der Waals surface area contributed by atoms with Gasteiger partial charge in [-0.3, -0.25) is 9.69 Å². The third-order valence-electron chi connectivity index (χ3n) is 5.26. The van der Waals surface area contributed by atoms with Gasteiger partial charge in [0, 0.05) is 45.6 Å². The van der Waals surface area contributed by atoms with Gasteiger partial charge >= 0.3 is 0 Å². The normalized spacial score (nSPS) is 15.3. The van der Waals surface area contributed by atoms with E-state index in [0.29, 0.717) is 12.3 Å². The highest BCUT2D eigenvalue weighted by Crippen LogP contribution is 2.13. The maximum atomic E-state index is 12.2. The minimum Gasteiger partial charge on any atom is -0.340 e. The van der Waals surface area contributed by atoms with Crippen LogP contribution in [0.15, 0.2) is 0 Å². The number of rotatable bonds is 14. The minimum atomic E-state index is 0.329. The Morgan fingerprint density at radius 1 is 0.840 bits per heavy atom. The fourth-order valence-corrected chi connectivity index (χ4v) is 3.53. The first kappa shape index (κ1) is 22.0. The van der Waals surface area contributed by atoms with Gasteiger partial charge in [0.25, 0.3) is 0 Å². The van der Waals surface area contributed by atoms with Gasteiger partial charge in [-0.25, -0.2) is 0 Å². The number of nitriles is 1. The highest BCUT2D eigenvalue weighted by Gasteiger charge is 2.20. The van der Waals surface area contributed by atoms with Crippen molar-refractivity contribution in [1.29, 1.82) is 5.26 Å². The van der Waals surface area contributed by atoms with E-state index in [2.05, 4.69) is 17.9 Å². The number of piperazine rings is 1. The molecule has 0 atom stereocenters. The third-order valence-corrected chi connectivity index (χ3v) is 5.26. The molecule has 4 heteroatoms. The lowest BCUT2D eigenvalue weighted by molar-refractivity contribution is -0.133. The van der Waals surface area contributed by atoms with Crippen molar-refractivity contribution in [3.05, 3.63) is 0 Å². The second kappa shape index (κ2) is 15.2. The molecule has 0 spiro atoms. The van der Waals surface area contributed by atoms with Crippen LogP contribution < -0.4 is 0 Å². The number of hydrogen-bond acceptors (Lipinski definition) is 3. The van der Waals surface area contributed by atoms with Crippen molar-refractivity contribution in [2.45, 2.75) is 90.4 Å². The highest BCUT2D eigenvalue weighted by molar-refractivity contribution is 5.76. The molecule has 1 aliphatic heterocycles. The van der Waals surface area contributed by atoms with E-state index in [-0.39, 0.29) is 0 Å². The summed E-state index contributed by atoms with van der Waals surface area (Å²) in [4.78, 5) is 16.5. The molecule has 144 valence electrons. The fourth-order valence-electron chi connectivity index (χ4n) is 3.53. The quantitative estimate of drug-likeness (QED) is 0.425. The second-order valence-electron chi connectivity index (χ2n) is 7.42. The SMILES string of the molecule is CCCCCCCCCCCCCC(=O)N1CCN(CCC#N)CC1. The number of amides is 1. The molecule has 0 saturated carbocycles. The maximum absolute atomic E-state index is 12.2. The van der Waals surface area contributed by atoms with Crippen LogP contribution in [0.3, 0.4) is 0 Å². The van der Waals surface area contributed by atoms with Gasteiger partial charge in [0.05, 0.1) is 6.07 Å². The molecule has 0 aromatic rings. The lowest BCUT2D eigenvalue weighted by atomic mass is 10.1. The average molecular weight is 350 g/mol. The van der Waals surface area contributed by atoms with Gasteiger partial charge in [-0.15, -0.1) is 0 Å². The number of carbonyl (C=O) groups excluding carboxylic acids is 1. The van der Waals surface area contributed by atoms with E-state index in [9.17, 15) is 4.79 Å². The molecule has 1 aliphatic rings. The van der Waals surface area contributed by atoms with E-state index >= 15 is 0 Å². The van der Waals surface area contributed by atoms with Crippen molar-refractivity contribution >= 4 is 5.91 Å². The van der Waals surface area contributed by atoms with E-state index < -0.39 is 0 Å². The zero-order chi connectivity index (χ0) is 18.2. The summed E-state index contributed by atoms with van der Waals surface area (Å²) in [6.45, 7) is 6.63. The van der Waals surface area contributed by atoms with Crippen molar-refractivity contribution in [2.75, 3.05) is 32.7 Å². The Morgan fingerprint density at radius 3 is 1.88 bits per heavy atom. The zero-order valence-electron chi connectivity index (χ0n) is 16.5. The Labute approximate surface area is 155 Å². The van der Waals surface area contributed by atoms with Gasteiger partial charge < -0.3 is 4.90 Å². The average Bonchev–Trinajstić information content (AvgIpc) is 2.64. The Morgan fingerprint density at radius 2 is 1.36 bits per heavy atom. The summed E-state index contributed by atoms with van der Waals surface area (Å²) in [6, 6.07) is 2.19. The molecule has 1 saturated heterocycles. The summed E-state index contributed by atoms with van der Waals surface area (Å²) < 4.78 is 0. The smallest absolute Gasteiger partial charge is 0.222 e. The predicted octanol–water partition coefficient (Wildman–Crippen LogP) is 4.75. The van der Waals surface area contributed by atoms with Crippen LogP contribution in [0.1, 0.15) is 90.4 Å². The van der Waals surface area contributed by atoms with E-state index in [1.165, 1.54) is 64.2 Å². The Kier molecular flexibility index (Phi) is 13.3. The van der Waals surface area contributed by atoms with E-state index in [4.69, 9.17) is 5.26 Å². The molecule has 1 fully saturated rings. The van der Waals surface area contributed by atoms with Crippen LogP contribution >= 0.6 is 0 Å². The first-order chi connectivity index (χ1) is 12.3. The molecular formula is C21H39N3O. The molecule has 25 heavy (non-hydrogen) atoms. The molecule has 0 aliphatic carbocycles. The summed E-state index contributed by atoms with van der Waals surface area (Å²) in [7, 11) is 0. The molecule has 0 unspecified atom stereocenters. The van der Waals surface area contributed by atoms with E-state index in [0.717, 1.165) is 45.6 Å². The van der Waals surface area contributed by atoms with Crippen molar-refractivity contribution in [2.24, 2.45) is 0 Å². The molecule has 0 bridgehead atoms. The number of carbonyl (C=O) groups is 1. The molecule has 0 aromatic heterocycles. The number of unbranched alkanes of at least 4 members (excludes halogenated alkanes) is 10. The number of nitrogens with zero attached hydrogens (tertiary/aromatic N) is 3. The van der Waals surface area contributed by atoms with Gasteiger partial charge in [0.2, 0.25) is 5.91 Å². The third kappa shape index (κ3) is 11.2. The first-order valence-electron chi connectivity index (χ1n) is 10.6. The largest absolute Gasteiger partial charge is 0.340 e. The van der Waals surface area contributed by atoms with Crippen LogP contribution in [0.5, 0.6) is 0 Å². The maximum Gasteiger partial charge on any atom is 0.222 e. The van der Waals surface area contributed by atoms with Gasteiger partial charge in [0.1, 0.15) is 0 Å². The van der Waals surface area contributed by atoms with Crippen LogP contribution in [0, 0.1) is 11.3 Å². The Bertz CT molecular complexity index is 370. The van der Waals surface area contributed by atoms with Crippen LogP contribution in [0.25, 0.3) is 0 Å². The number of hydrogen-bond donors (Lipinski definition) is 0. The van der Waals surface area contributed by atoms with Crippen LogP contribution in [0.4, 0.5) is 0 Å². The molecule has 0 aromatic carbocycles. The zero-order valence-corrected chi connectivity index (χ0v) is 16.5. The Hall–Kier alpha value is -1.08. The van der Waals surface area contributed by atoms with Crippen molar-refractivity contribution < 1.29 is 4.79 Å². The molecule has 1 rings (SSSR count). The molecular weight excluding hydrogens is 310 g/mol. The summed E-state index contributed by atoms with van der Waals surface area (Å²) in [5.41, 5.74) is 0. The van der Waals surface area contributed by atoms with Crippen LogP contribution in [-0.2, 0) is 4.79 Å². The van der Waals surface area contributed by atoms with Gasteiger partial charge in [-0.05, 0) is 6.42 Å². The minimum absolute atomic E-state index is 0.329.